The highest BCUT2D eigenvalue weighted by atomic mass is 32.1. The molecule has 2 aromatic rings. The van der Waals surface area contributed by atoms with Gasteiger partial charge in [0.2, 0.25) is 0 Å². The maximum atomic E-state index is 4.47. The van der Waals surface area contributed by atoms with Gasteiger partial charge in [-0.15, -0.1) is 11.3 Å². The van der Waals surface area contributed by atoms with Gasteiger partial charge in [-0.25, -0.2) is 4.98 Å². The standard InChI is InChI=1S/C13H17N3S/c1-2-6-14-11(4-1)10-16-8-7-15-13(16)12-5-3-9-17-12/h3,5,7-9,11,14H,1-2,4,6,10H2. The van der Waals surface area contributed by atoms with Gasteiger partial charge in [-0.1, -0.05) is 12.5 Å². The topological polar surface area (TPSA) is 29.9 Å². The van der Waals surface area contributed by atoms with Gasteiger partial charge in [-0.3, -0.25) is 0 Å². The third-order valence-corrected chi connectivity index (χ3v) is 4.15. The Morgan fingerprint density at radius 3 is 3.24 bits per heavy atom. The van der Waals surface area contributed by atoms with Crippen LogP contribution in [0.4, 0.5) is 0 Å². The molecule has 0 bridgehead atoms. The van der Waals surface area contributed by atoms with Crippen molar-refractivity contribution < 1.29 is 0 Å². The zero-order valence-corrected chi connectivity index (χ0v) is 10.6. The Kier molecular flexibility index (Phi) is 3.25. The summed E-state index contributed by atoms with van der Waals surface area (Å²) in [6, 6.07) is 4.83. The minimum Gasteiger partial charge on any atom is -0.329 e. The number of imidazole rings is 1. The van der Waals surface area contributed by atoms with Crippen LogP contribution < -0.4 is 5.32 Å². The second-order valence-corrected chi connectivity index (χ2v) is 5.48. The molecule has 2 aromatic heterocycles. The van der Waals surface area contributed by atoms with Crippen LogP contribution in [-0.4, -0.2) is 22.1 Å². The highest BCUT2D eigenvalue weighted by Gasteiger charge is 2.15. The van der Waals surface area contributed by atoms with Crippen LogP contribution in [0, 0.1) is 0 Å². The van der Waals surface area contributed by atoms with Crippen LogP contribution in [-0.2, 0) is 6.54 Å². The van der Waals surface area contributed by atoms with Crippen molar-refractivity contribution >= 4 is 11.3 Å². The molecule has 3 heterocycles. The molecule has 3 rings (SSSR count). The Labute approximate surface area is 106 Å². The van der Waals surface area contributed by atoms with E-state index < -0.39 is 0 Å². The molecule has 0 spiro atoms. The molecule has 1 aliphatic rings. The summed E-state index contributed by atoms with van der Waals surface area (Å²) in [4.78, 5) is 5.73. The van der Waals surface area contributed by atoms with Crippen molar-refractivity contribution in [2.45, 2.75) is 31.8 Å². The number of hydrogen-bond acceptors (Lipinski definition) is 3. The van der Waals surface area contributed by atoms with Crippen LogP contribution in [0.1, 0.15) is 19.3 Å². The van der Waals surface area contributed by atoms with Crippen molar-refractivity contribution in [2.75, 3.05) is 6.54 Å². The largest absolute Gasteiger partial charge is 0.329 e. The van der Waals surface area contributed by atoms with Crippen molar-refractivity contribution in [3.63, 3.8) is 0 Å². The lowest BCUT2D eigenvalue weighted by Crippen LogP contribution is -2.37. The molecule has 0 saturated carbocycles. The predicted molar refractivity (Wildman–Crippen MR) is 71.2 cm³/mol. The maximum Gasteiger partial charge on any atom is 0.150 e. The molecule has 0 aliphatic carbocycles. The van der Waals surface area contributed by atoms with Gasteiger partial charge in [0.05, 0.1) is 4.88 Å². The molecule has 1 fully saturated rings. The Bertz CT molecular complexity index is 455. The summed E-state index contributed by atoms with van der Waals surface area (Å²) in [5.74, 6) is 1.10. The molecule has 0 amide bonds. The van der Waals surface area contributed by atoms with E-state index in [1.807, 2.05) is 6.20 Å². The van der Waals surface area contributed by atoms with E-state index in [1.165, 1.54) is 24.1 Å². The number of nitrogens with zero attached hydrogens (tertiary/aromatic N) is 2. The summed E-state index contributed by atoms with van der Waals surface area (Å²) in [5, 5.41) is 5.69. The van der Waals surface area contributed by atoms with Crippen molar-refractivity contribution in [3.8, 4) is 10.7 Å². The zero-order valence-electron chi connectivity index (χ0n) is 9.80. The molecule has 4 heteroatoms. The highest BCUT2D eigenvalue weighted by molar-refractivity contribution is 7.13. The summed E-state index contributed by atoms with van der Waals surface area (Å²) in [6.07, 6.45) is 7.93. The van der Waals surface area contributed by atoms with Crippen LogP contribution in [0.2, 0.25) is 0 Å². The molecule has 0 aromatic carbocycles. The van der Waals surface area contributed by atoms with E-state index in [1.54, 1.807) is 11.3 Å². The van der Waals surface area contributed by atoms with E-state index in [2.05, 4.69) is 38.6 Å². The average molecular weight is 247 g/mol. The lowest BCUT2D eigenvalue weighted by atomic mass is 10.1. The van der Waals surface area contributed by atoms with E-state index in [0.717, 1.165) is 18.9 Å². The predicted octanol–water partition coefficient (Wildman–Crippen LogP) is 2.75. The van der Waals surface area contributed by atoms with Gasteiger partial charge in [0.25, 0.3) is 0 Å². The summed E-state index contributed by atoms with van der Waals surface area (Å²) in [7, 11) is 0. The normalized spacial score (nSPS) is 20.6. The van der Waals surface area contributed by atoms with E-state index in [9.17, 15) is 0 Å². The minimum absolute atomic E-state index is 0.608. The Hall–Kier alpha value is -1.13. The zero-order chi connectivity index (χ0) is 11.5. The number of piperidine rings is 1. The number of rotatable bonds is 3. The fourth-order valence-electron chi connectivity index (χ4n) is 2.40. The van der Waals surface area contributed by atoms with Gasteiger partial charge < -0.3 is 9.88 Å². The first-order valence-electron chi connectivity index (χ1n) is 6.22. The van der Waals surface area contributed by atoms with E-state index in [-0.39, 0.29) is 0 Å². The molecule has 0 radical (unpaired) electrons. The van der Waals surface area contributed by atoms with Crippen molar-refractivity contribution in [1.82, 2.24) is 14.9 Å². The van der Waals surface area contributed by atoms with Crippen LogP contribution in [0.5, 0.6) is 0 Å². The van der Waals surface area contributed by atoms with Gasteiger partial charge in [-0.05, 0) is 30.8 Å². The molecule has 1 saturated heterocycles. The van der Waals surface area contributed by atoms with Gasteiger partial charge in [-0.2, -0.15) is 0 Å². The maximum absolute atomic E-state index is 4.47. The summed E-state index contributed by atoms with van der Waals surface area (Å²) in [6.45, 7) is 2.20. The lowest BCUT2D eigenvalue weighted by Gasteiger charge is -2.24. The van der Waals surface area contributed by atoms with Crippen LogP contribution in [0.25, 0.3) is 10.7 Å². The summed E-state index contributed by atoms with van der Waals surface area (Å²) in [5.41, 5.74) is 0. The fourth-order valence-corrected chi connectivity index (χ4v) is 3.14. The van der Waals surface area contributed by atoms with Crippen LogP contribution >= 0.6 is 11.3 Å². The van der Waals surface area contributed by atoms with Gasteiger partial charge in [0, 0.05) is 25.0 Å². The average Bonchev–Trinajstić information content (AvgIpc) is 3.00. The molecular formula is C13H17N3S. The van der Waals surface area contributed by atoms with E-state index >= 15 is 0 Å². The molecule has 3 nitrogen and oxygen atoms in total. The SMILES string of the molecule is c1csc(-c2nccn2CC2CCCCN2)c1. The van der Waals surface area contributed by atoms with Crippen LogP contribution in [0.3, 0.4) is 0 Å². The molecule has 1 aliphatic heterocycles. The third-order valence-electron chi connectivity index (χ3n) is 3.29. The molecule has 1 N–H and O–H groups in total. The van der Waals surface area contributed by atoms with Gasteiger partial charge in [0.15, 0.2) is 0 Å². The van der Waals surface area contributed by atoms with Crippen molar-refractivity contribution in [3.05, 3.63) is 29.9 Å². The van der Waals surface area contributed by atoms with E-state index in [4.69, 9.17) is 0 Å². The minimum atomic E-state index is 0.608. The Morgan fingerprint density at radius 1 is 1.47 bits per heavy atom. The first-order valence-corrected chi connectivity index (χ1v) is 7.10. The van der Waals surface area contributed by atoms with Gasteiger partial charge in [0.1, 0.15) is 5.82 Å². The van der Waals surface area contributed by atoms with Crippen molar-refractivity contribution in [1.29, 1.82) is 0 Å². The van der Waals surface area contributed by atoms with Crippen LogP contribution in [0.15, 0.2) is 29.9 Å². The smallest absolute Gasteiger partial charge is 0.150 e. The third kappa shape index (κ3) is 2.42. The molecule has 17 heavy (non-hydrogen) atoms. The second kappa shape index (κ2) is 5.02. The van der Waals surface area contributed by atoms with Crippen molar-refractivity contribution in [2.24, 2.45) is 0 Å². The molecule has 90 valence electrons. The van der Waals surface area contributed by atoms with E-state index in [0.29, 0.717) is 6.04 Å². The fraction of sp³-hybridized carbons (Fsp3) is 0.462. The molecule has 1 atom stereocenters. The number of aromatic nitrogens is 2. The summed E-state index contributed by atoms with van der Waals surface area (Å²) < 4.78 is 2.27. The number of thiophene rings is 1. The second-order valence-electron chi connectivity index (χ2n) is 4.53. The quantitative estimate of drug-likeness (QED) is 0.904. The monoisotopic (exact) mass is 247 g/mol. The van der Waals surface area contributed by atoms with Gasteiger partial charge >= 0.3 is 0 Å². The Morgan fingerprint density at radius 2 is 2.47 bits per heavy atom. The highest BCUT2D eigenvalue weighted by Crippen LogP contribution is 2.23. The first-order chi connectivity index (χ1) is 8.43. The first kappa shape index (κ1) is 11.0. The lowest BCUT2D eigenvalue weighted by molar-refractivity contribution is 0.364. The Balaban J connectivity index is 1.77. The molecular weight excluding hydrogens is 230 g/mol. The molecule has 1 unspecified atom stereocenters. The number of nitrogens with one attached hydrogen (secondary N) is 1. The summed E-state index contributed by atoms with van der Waals surface area (Å²) >= 11 is 1.75. The number of hydrogen-bond donors (Lipinski definition) is 1.